The van der Waals surface area contributed by atoms with E-state index < -0.39 is 0 Å². The van der Waals surface area contributed by atoms with Gasteiger partial charge in [0.1, 0.15) is 0 Å². The quantitative estimate of drug-likeness (QED) is 0.312. The van der Waals surface area contributed by atoms with Crippen molar-refractivity contribution in [2.75, 3.05) is 0 Å². The van der Waals surface area contributed by atoms with Gasteiger partial charge in [0.15, 0.2) is 0 Å². The Kier molecular flexibility index (Phi) is 2.20. The van der Waals surface area contributed by atoms with Gasteiger partial charge in [-0.3, -0.25) is 0 Å². The van der Waals surface area contributed by atoms with Crippen molar-refractivity contribution in [3.05, 3.63) is 90.1 Å². The van der Waals surface area contributed by atoms with Crippen LogP contribution in [-0.4, -0.2) is 4.40 Å². The van der Waals surface area contributed by atoms with Crippen LogP contribution in [0.2, 0.25) is 0 Å². The van der Waals surface area contributed by atoms with Crippen molar-refractivity contribution in [1.82, 2.24) is 4.40 Å². The van der Waals surface area contributed by atoms with Crippen LogP contribution in [0.4, 0.5) is 0 Å². The summed E-state index contributed by atoms with van der Waals surface area (Å²) in [4.78, 5) is 0. The highest BCUT2D eigenvalue weighted by atomic mass is 14.9. The first-order valence-electron chi connectivity index (χ1n) is 8.43. The van der Waals surface area contributed by atoms with Crippen LogP contribution in [0.1, 0.15) is 11.1 Å². The number of fused-ring (bicyclic) bond motifs is 9. The first-order chi connectivity index (χ1) is 11.9. The van der Waals surface area contributed by atoms with Crippen molar-refractivity contribution in [1.29, 1.82) is 0 Å². The Morgan fingerprint density at radius 3 is 2.38 bits per heavy atom. The third-order valence-corrected chi connectivity index (χ3v) is 5.41. The number of hydrogen-bond donors (Lipinski definition) is 0. The first-order valence-corrected chi connectivity index (χ1v) is 8.43. The second-order valence-corrected chi connectivity index (χ2v) is 6.67. The second kappa shape index (κ2) is 4.27. The van der Waals surface area contributed by atoms with Crippen LogP contribution in [-0.2, 0) is 6.42 Å². The molecule has 0 spiro atoms. The Labute approximate surface area is 139 Å². The third kappa shape index (κ3) is 1.45. The molecule has 0 saturated carbocycles. The maximum absolute atomic E-state index is 2.42. The van der Waals surface area contributed by atoms with Crippen LogP contribution in [0.3, 0.4) is 0 Å². The lowest BCUT2D eigenvalue weighted by molar-refractivity contribution is 1.26. The van der Waals surface area contributed by atoms with Gasteiger partial charge in [-0.2, -0.15) is 0 Å². The van der Waals surface area contributed by atoms with Crippen LogP contribution < -0.4 is 0 Å². The molecule has 2 aromatic heterocycles. The fraction of sp³-hybridized carbons (Fsp3) is 0.0435. The zero-order chi connectivity index (χ0) is 15.7. The Morgan fingerprint density at radius 2 is 1.38 bits per heavy atom. The third-order valence-electron chi connectivity index (χ3n) is 5.41. The average Bonchev–Trinajstić information content (AvgIpc) is 3.25. The summed E-state index contributed by atoms with van der Waals surface area (Å²) in [5.74, 6) is 0. The highest BCUT2D eigenvalue weighted by Gasteiger charge is 2.20. The van der Waals surface area contributed by atoms with Gasteiger partial charge < -0.3 is 4.40 Å². The van der Waals surface area contributed by atoms with Crippen molar-refractivity contribution in [3.8, 4) is 11.1 Å². The summed E-state index contributed by atoms with van der Waals surface area (Å²) >= 11 is 0. The summed E-state index contributed by atoms with van der Waals surface area (Å²) in [6, 6.07) is 26.7. The molecule has 0 bridgehead atoms. The van der Waals surface area contributed by atoms with E-state index in [2.05, 4.69) is 83.4 Å². The minimum Gasteiger partial charge on any atom is -0.316 e. The van der Waals surface area contributed by atoms with Crippen LogP contribution in [0.25, 0.3) is 38.3 Å². The molecule has 0 radical (unpaired) electrons. The maximum atomic E-state index is 2.42. The minimum absolute atomic E-state index is 1.04. The normalized spacial score (nSPS) is 12.8. The van der Waals surface area contributed by atoms with Gasteiger partial charge in [0, 0.05) is 17.0 Å². The van der Waals surface area contributed by atoms with E-state index >= 15 is 0 Å². The van der Waals surface area contributed by atoms with E-state index in [0.717, 1.165) is 6.42 Å². The molecule has 1 nitrogen and oxygen atoms in total. The standard InChI is InChI=1S/C23H15N/c1-2-7-17-15(6-1)12-16-13-20-18-8-3-4-9-22(18)24-11-5-10-23(24)21(20)14-19(16)17/h1-11,13-14H,12H2. The molecule has 1 aliphatic rings. The lowest BCUT2D eigenvalue weighted by Gasteiger charge is -2.11. The molecule has 0 saturated heterocycles. The van der Waals surface area contributed by atoms with Gasteiger partial charge in [-0.05, 0) is 64.4 Å². The summed E-state index contributed by atoms with van der Waals surface area (Å²) in [5.41, 5.74) is 8.25. The van der Waals surface area contributed by atoms with Gasteiger partial charge in [-0.15, -0.1) is 0 Å². The molecule has 3 aromatic carbocycles. The van der Waals surface area contributed by atoms with E-state index in [1.165, 1.54) is 49.4 Å². The molecule has 2 heterocycles. The largest absolute Gasteiger partial charge is 0.316 e. The van der Waals surface area contributed by atoms with E-state index in [0.29, 0.717) is 0 Å². The molecule has 0 N–H and O–H groups in total. The predicted octanol–water partition coefficient (Wildman–Crippen LogP) is 5.82. The molecule has 0 unspecified atom stereocenters. The van der Waals surface area contributed by atoms with E-state index in [9.17, 15) is 0 Å². The number of nitrogens with zero attached hydrogens (tertiary/aromatic N) is 1. The minimum atomic E-state index is 1.04. The molecule has 0 aliphatic heterocycles. The molecule has 0 fully saturated rings. The van der Waals surface area contributed by atoms with Gasteiger partial charge >= 0.3 is 0 Å². The summed E-state index contributed by atoms with van der Waals surface area (Å²) in [6.07, 6.45) is 3.21. The number of benzene rings is 3. The Bertz CT molecular complexity index is 1270. The van der Waals surface area contributed by atoms with E-state index in [-0.39, 0.29) is 0 Å². The first kappa shape index (κ1) is 12.4. The zero-order valence-corrected chi connectivity index (χ0v) is 13.2. The number of aromatic nitrogens is 1. The molecule has 112 valence electrons. The number of hydrogen-bond acceptors (Lipinski definition) is 0. The molecular formula is C23H15N. The zero-order valence-electron chi connectivity index (χ0n) is 13.2. The van der Waals surface area contributed by atoms with E-state index in [4.69, 9.17) is 0 Å². The van der Waals surface area contributed by atoms with Crippen LogP contribution in [0.15, 0.2) is 79.0 Å². The fourth-order valence-corrected chi connectivity index (χ4v) is 4.34. The SMILES string of the molecule is c1ccc2c(c1)Cc1cc3c4ccccc4n4cccc4c3cc1-2. The summed E-state index contributed by atoms with van der Waals surface area (Å²) in [6.45, 7) is 0. The van der Waals surface area contributed by atoms with Crippen molar-refractivity contribution in [2.24, 2.45) is 0 Å². The van der Waals surface area contributed by atoms with Crippen LogP contribution in [0, 0.1) is 0 Å². The van der Waals surface area contributed by atoms with E-state index in [1.807, 2.05) is 0 Å². The van der Waals surface area contributed by atoms with Gasteiger partial charge in [0.05, 0.1) is 11.0 Å². The Hall–Kier alpha value is -3.06. The summed E-state index contributed by atoms with van der Waals surface area (Å²) in [7, 11) is 0. The van der Waals surface area contributed by atoms with Crippen LogP contribution >= 0.6 is 0 Å². The highest BCUT2D eigenvalue weighted by Crippen LogP contribution is 2.41. The lowest BCUT2D eigenvalue weighted by atomic mass is 9.98. The highest BCUT2D eigenvalue weighted by molar-refractivity contribution is 6.14. The smallest absolute Gasteiger partial charge is 0.0535 e. The van der Waals surface area contributed by atoms with Gasteiger partial charge in [-0.1, -0.05) is 42.5 Å². The molecule has 5 aromatic rings. The Morgan fingerprint density at radius 1 is 0.583 bits per heavy atom. The number of rotatable bonds is 0. The molecule has 1 aliphatic carbocycles. The monoisotopic (exact) mass is 305 g/mol. The fourth-order valence-electron chi connectivity index (χ4n) is 4.34. The number of para-hydroxylation sites is 1. The van der Waals surface area contributed by atoms with Crippen molar-refractivity contribution >= 4 is 27.2 Å². The molecular weight excluding hydrogens is 290 g/mol. The van der Waals surface area contributed by atoms with Gasteiger partial charge in [0.25, 0.3) is 0 Å². The predicted molar refractivity (Wildman–Crippen MR) is 101 cm³/mol. The van der Waals surface area contributed by atoms with Crippen LogP contribution in [0.5, 0.6) is 0 Å². The molecule has 1 heteroatoms. The molecule has 0 amide bonds. The molecule has 24 heavy (non-hydrogen) atoms. The topological polar surface area (TPSA) is 4.41 Å². The van der Waals surface area contributed by atoms with Crippen molar-refractivity contribution in [3.63, 3.8) is 0 Å². The summed E-state index contributed by atoms with van der Waals surface area (Å²) in [5, 5.41) is 4.03. The van der Waals surface area contributed by atoms with Gasteiger partial charge in [-0.25, -0.2) is 0 Å². The lowest BCUT2D eigenvalue weighted by Crippen LogP contribution is -1.91. The Balaban J connectivity index is 1.85. The van der Waals surface area contributed by atoms with E-state index in [1.54, 1.807) is 0 Å². The van der Waals surface area contributed by atoms with Crippen molar-refractivity contribution in [2.45, 2.75) is 6.42 Å². The molecule has 6 rings (SSSR count). The average molecular weight is 305 g/mol. The number of pyridine rings is 1. The maximum Gasteiger partial charge on any atom is 0.0535 e. The van der Waals surface area contributed by atoms with Gasteiger partial charge in [0.2, 0.25) is 0 Å². The van der Waals surface area contributed by atoms with Crippen molar-refractivity contribution < 1.29 is 0 Å². The second-order valence-electron chi connectivity index (χ2n) is 6.67. The summed E-state index contributed by atoms with van der Waals surface area (Å²) < 4.78 is 2.31. The molecule has 0 atom stereocenters.